The van der Waals surface area contributed by atoms with Gasteiger partial charge >= 0.3 is 0 Å². The van der Waals surface area contributed by atoms with Gasteiger partial charge in [0.1, 0.15) is 5.15 Å². The fraction of sp³-hybridized carbons (Fsp3) is 0.520. The lowest BCUT2D eigenvalue weighted by molar-refractivity contribution is 0.0786. The summed E-state index contributed by atoms with van der Waals surface area (Å²) < 4.78 is 0. The van der Waals surface area contributed by atoms with Crippen molar-refractivity contribution >= 4 is 17.5 Å². The van der Waals surface area contributed by atoms with Gasteiger partial charge in [0.25, 0.3) is 5.91 Å². The zero-order valence-electron chi connectivity index (χ0n) is 19.6. The second-order valence-corrected chi connectivity index (χ2v) is 9.23. The SMILES string of the molecule is CCC(C)C1CC(CN(C)C(=O)c2ccc(CCNCC(O)c3ccc(Cl)nc3)cc2)N=N1. The van der Waals surface area contributed by atoms with E-state index in [1.54, 1.807) is 23.2 Å². The Hall–Kier alpha value is -2.35. The third-order valence-electron chi connectivity index (χ3n) is 6.29. The van der Waals surface area contributed by atoms with Crippen molar-refractivity contribution < 1.29 is 9.90 Å². The molecule has 2 aromatic rings. The van der Waals surface area contributed by atoms with Crippen LogP contribution in [0.1, 0.15) is 54.3 Å². The lowest BCUT2D eigenvalue weighted by Gasteiger charge is -2.20. The summed E-state index contributed by atoms with van der Waals surface area (Å²) >= 11 is 5.78. The van der Waals surface area contributed by atoms with Gasteiger partial charge in [-0.15, -0.1) is 0 Å². The van der Waals surface area contributed by atoms with Crippen LogP contribution in [0.15, 0.2) is 52.8 Å². The standard InChI is InChI=1S/C25H34ClN5O2/c1-4-17(2)22-13-21(29-30-22)16-31(3)25(33)19-7-5-18(6-8-19)11-12-27-15-23(32)20-9-10-24(26)28-14-20/h5-10,14,17,21-23,27,32H,4,11-13,15-16H2,1-3H3. The predicted molar refractivity (Wildman–Crippen MR) is 131 cm³/mol. The number of pyridine rings is 1. The number of nitrogens with zero attached hydrogens (tertiary/aromatic N) is 4. The Morgan fingerprint density at radius 3 is 2.67 bits per heavy atom. The number of carbonyl (C=O) groups excluding carboxylic acids is 1. The molecule has 4 atom stereocenters. The highest BCUT2D eigenvalue weighted by molar-refractivity contribution is 6.29. The normalized spacial score (nSPS) is 19.4. The van der Waals surface area contributed by atoms with E-state index in [0.717, 1.165) is 36.9 Å². The van der Waals surface area contributed by atoms with Crippen LogP contribution in [0.2, 0.25) is 5.15 Å². The lowest BCUT2D eigenvalue weighted by atomic mass is 9.95. The fourth-order valence-electron chi connectivity index (χ4n) is 3.89. The third-order valence-corrected chi connectivity index (χ3v) is 6.51. The van der Waals surface area contributed by atoms with Gasteiger partial charge in [0.15, 0.2) is 0 Å². The molecule has 0 fully saturated rings. The van der Waals surface area contributed by atoms with Gasteiger partial charge in [-0.3, -0.25) is 4.79 Å². The van der Waals surface area contributed by atoms with E-state index in [1.165, 1.54) is 0 Å². The van der Waals surface area contributed by atoms with E-state index in [4.69, 9.17) is 11.6 Å². The van der Waals surface area contributed by atoms with Crippen molar-refractivity contribution in [3.8, 4) is 0 Å². The average Bonchev–Trinajstić information content (AvgIpc) is 3.30. The molecule has 1 aromatic heterocycles. The average molecular weight is 472 g/mol. The zero-order valence-corrected chi connectivity index (χ0v) is 20.4. The maximum absolute atomic E-state index is 12.8. The summed E-state index contributed by atoms with van der Waals surface area (Å²) in [6.07, 6.45) is 3.76. The molecule has 1 aliphatic heterocycles. The second kappa shape index (κ2) is 12.2. The number of azo groups is 1. The van der Waals surface area contributed by atoms with Gasteiger partial charge in [0, 0.05) is 37.5 Å². The van der Waals surface area contributed by atoms with Crippen LogP contribution in [0.4, 0.5) is 0 Å². The molecule has 1 aromatic carbocycles. The van der Waals surface area contributed by atoms with Crippen molar-refractivity contribution in [3.05, 3.63) is 64.4 Å². The van der Waals surface area contributed by atoms with Gasteiger partial charge in [-0.1, -0.05) is 50.1 Å². The van der Waals surface area contributed by atoms with E-state index in [1.807, 2.05) is 31.3 Å². The predicted octanol–water partition coefficient (Wildman–Crippen LogP) is 4.31. The van der Waals surface area contributed by atoms with Crippen LogP contribution in [0.25, 0.3) is 0 Å². The molecule has 0 aliphatic carbocycles. The minimum absolute atomic E-state index is 0.00145. The molecule has 0 saturated heterocycles. The van der Waals surface area contributed by atoms with E-state index >= 15 is 0 Å². The molecule has 8 heteroatoms. The lowest BCUT2D eigenvalue weighted by Crippen LogP contribution is -2.33. The smallest absolute Gasteiger partial charge is 0.253 e. The van der Waals surface area contributed by atoms with Crippen molar-refractivity contribution in [1.82, 2.24) is 15.2 Å². The van der Waals surface area contributed by atoms with Gasteiger partial charge in [-0.05, 0) is 49.1 Å². The van der Waals surface area contributed by atoms with Gasteiger partial charge in [0.2, 0.25) is 0 Å². The largest absolute Gasteiger partial charge is 0.387 e. The number of halogens is 1. The van der Waals surface area contributed by atoms with Crippen LogP contribution >= 0.6 is 11.6 Å². The first-order chi connectivity index (χ1) is 15.9. The van der Waals surface area contributed by atoms with Crippen molar-refractivity contribution in [2.24, 2.45) is 16.1 Å². The van der Waals surface area contributed by atoms with Gasteiger partial charge in [-0.25, -0.2) is 4.98 Å². The number of aliphatic hydroxyl groups is 1. The number of benzene rings is 1. The number of aliphatic hydroxyl groups excluding tert-OH is 1. The first kappa shape index (κ1) is 25.3. The minimum Gasteiger partial charge on any atom is -0.387 e. The summed E-state index contributed by atoms with van der Waals surface area (Å²) in [4.78, 5) is 18.5. The Morgan fingerprint density at radius 2 is 2.00 bits per heavy atom. The highest BCUT2D eigenvalue weighted by Crippen LogP contribution is 2.25. The highest BCUT2D eigenvalue weighted by atomic mass is 35.5. The molecule has 3 rings (SSSR count). The number of nitrogens with one attached hydrogen (secondary N) is 1. The summed E-state index contributed by atoms with van der Waals surface area (Å²) in [5, 5.41) is 22.7. The summed E-state index contributed by atoms with van der Waals surface area (Å²) in [7, 11) is 1.83. The molecule has 7 nitrogen and oxygen atoms in total. The van der Waals surface area contributed by atoms with Gasteiger partial charge in [-0.2, -0.15) is 10.2 Å². The number of likely N-dealkylation sites (N-methyl/N-ethyl adjacent to an activating group) is 1. The number of rotatable bonds is 11. The monoisotopic (exact) mass is 471 g/mol. The number of aromatic nitrogens is 1. The van der Waals surface area contributed by atoms with Crippen molar-refractivity contribution in [3.63, 3.8) is 0 Å². The minimum atomic E-state index is -0.634. The molecule has 33 heavy (non-hydrogen) atoms. The molecule has 2 heterocycles. The second-order valence-electron chi connectivity index (χ2n) is 8.84. The number of amides is 1. The molecule has 2 N–H and O–H groups in total. The van der Waals surface area contributed by atoms with Gasteiger partial charge < -0.3 is 15.3 Å². The summed E-state index contributed by atoms with van der Waals surface area (Å²) in [6.45, 7) is 6.12. The maximum Gasteiger partial charge on any atom is 0.253 e. The zero-order chi connectivity index (χ0) is 23.8. The van der Waals surface area contributed by atoms with E-state index in [-0.39, 0.29) is 18.0 Å². The molecule has 1 amide bonds. The number of hydrogen-bond donors (Lipinski definition) is 2. The molecule has 1 aliphatic rings. The third kappa shape index (κ3) is 7.32. The molecule has 0 bridgehead atoms. The first-order valence-electron chi connectivity index (χ1n) is 11.6. The molecule has 178 valence electrons. The Kier molecular flexibility index (Phi) is 9.35. The van der Waals surface area contributed by atoms with Crippen molar-refractivity contribution in [2.75, 3.05) is 26.7 Å². The molecule has 0 radical (unpaired) electrons. The highest BCUT2D eigenvalue weighted by Gasteiger charge is 2.27. The van der Waals surface area contributed by atoms with Crippen LogP contribution < -0.4 is 5.32 Å². The summed E-state index contributed by atoms with van der Waals surface area (Å²) in [5.74, 6) is 0.529. The topological polar surface area (TPSA) is 90.2 Å². The Balaban J connectivity index is 1.40. The molecular formula is C25H34ClN5O2. The van der Waals surface area contributed by atoms with E-state index in [0.29, 0.717) is 29.7 Å². The molecule has 0 saturated carbocycles. The van der Waals surface area contributed by atoms with Crippen molar-refractivity contribution in [2.45, 2.75) is 51.3 Å². The van der Waals surface area contributed by atoms with Crippen molar-refractivity contribution in [1.29, 1.82) is 0 Å². The quantitative estimate of drug-likeness (QED) is 0.377. The maximum atomic E-state index is 12.8. The van der Waals surface area contributed by atoms with E-state index in [9.17, 15) is 9.90 Å². The van der Waals surface area contributed by atoms with Crippen LogP contribution in [0.3, 0.4) is 0 Å². The number of carbonyl (C=O) groups is 1. The Labute approximate surface area is 201 Å². The fourth-order valence-corrected chi connectivity index (χ4v) is 4.00. The Bertz CT molecular complexity index is 919. The number of hydrogen-bond acceptors (Lipinski definition) is 6. The molecular weight excluding hydrogens is 438 g/mol. The first-order valence-corrected chi connectivity index (χ1v) is 12.0. The van der Waals surface area contributed by atoms with Crippen LogP contribution in [0.5, 0.6) is 0 Å². The molecule has 0 spiro atoms. The van der Waals surface area contributed by atoms with Crippen LogP contribution in [-0.4, -0.2) is 59.7 Å². The summed E-state index contributed by atoms with van der Waals surface area (Å²) in [6, 6.07) is 11.5. The molecule has 4 unspecified atom stereocenters. The van der Waals surface area contributed by atoms with Gasteiger partial charge in [0.05, 0.1) is 18.2 Å². The summed E-state index contributed by atoms with van der Waals surface area (Å²) in [5.41, 5.74) is 2.53. The van der Waals surface area contributed by atoms with Crippen LogP contribution in [-0.2, 0) is 6.42 Å². The van der Waals surface area contributed by atoms with E-state index < -0.39 is 6.10 Å². The van der Waals surface area contributed by atoms with E-state index in [2.05, 4.69) is 34.4 Å². The Morgan fingerprint density at radius 1 is 1.24 bits per heavy atom. The van der Waals surface area contributed by atoms with Crippen LogP contribution in [0, 0.1) is 5.92 Å².